The number of piperazine rings is 1. The molecule has 0 N–H and O–H groups in total. The number of halogens is 3. The van der Waals surface area contributed by atoms with Gasteiger partial charge in [0.15, 0.2) is 0 Å². The van der Waals surface area contributed by atoms with Gasteiger partial charge in [-0.15, -0.1) is 0 Å². The van der Waals surface area contributed by atoms with Crippen LogP contribution in [-0.4, -0.2) is 46.8 Å². The lowest BCUT2D eigenvalue weighted by Gasteiger charge is -2.37. The Bertz CT molecular complexity index is 1230. The number of rotatable bonds is 4. The molecule has 1 aliphatic rings. The zero-order valence-corrected chi connectivity index (χ0v) is 18.9. The highest BCUT2D eigenvalue weighted by Gasteiger charge is 2.32. The van der Waals surface area contributed by atoms with Gasteiger partial charge in [0.2, 0.25) is 5.91 Å². The van der Waals surface area contributed by atoms with E-state index in [1.807, 2.05) is 36.1 Å². The summed E-state index contributed by atoms with van der Waals surface area (Å²) in [4.78, 5) is 29.0. The molecular formula is C25H25F3N4O2. The fraction of sp³-hybridized carbons (Fsp3) is 0.320. The lowest BCUT2D eigenvalue weighted by atomic mass is 10.1. The summed E-state index contributed by atoms with van der Waals surface area (Å²) >= 11 is 0. The summed E-state index contributed by atoms with van der Waals surface area (Å²) < 4.78 is 40.3. The smallest absolute Gasteiger partial charge is 0.368 e. The number of amides is 1. The number of nitrogens with zero attached hydrogens (tertiary/aromatic N) is 4. The summed E-state index contributed by atoms with van der Waals surface area (Å²) in [5.41, 5.74) is 1.93. The van der Waals surface area contributed by atoms with Gasteiger partial charge < -0.3 is 9.80 Å². The van der Waals surface area contributed by atoms with Crippen molar-refractivity contribution in [2.45, 2.75) is 26.1 Å². The molecule has 34 heavy (non-hydrogen) atoms. The number of anilines is 1. The molecule has 1 fully saturated rings. The first kappa shape index (κ1) is 23.5. The van der Waals surface area contributed by atoms with Crippen LogP contribution in [0.3, 0.4) is 0 Å². The normalized spacial score (nSPS) is 15.3. The quantitative estimate of drug-likeness (QED) is 0.575. The van der Waals surface area contributed by atoms with Crippen LogP contribution >= 0.6 is 0 Å². The van der Waals surface area contributed by atoms with Crippen molar-refractivity contribution in [2.24, 2.45) is 0 Å². The third kappa shape index (κ3) is 4.98. The molecule has 0 radical (unpaired) electrons. The minimum absolute atomic E-state index is 0.251. The second-order valence-electron chi connectivity index (χ2n) is 8.40. The Balaban J connectivity index is 1.46. The molecule has 1 aliphatic heterocycles. The monoisotopic (exact) mass is 470 g/mol. The fourth-order valence-corrected chi connectivity index (χ4v) is 4.01. The van der Waals surface area contributed by atoms with E-state index in [2.05, 4.69) is 5.10 Å². The van der Waals surface area contributed by atoms with Crippen LogP contribution < -0.4 is 10.5 Å². The van der Waals surface area contributed by atoms with E-state index in [0.29, 0.717) is 37.6 Å². The van der Waals surface area contributed by atoms with Gasteiger partial charge in [0, 0.05) is 43.5 Å². The molecule has 2 heterocycles. The van der Waals surface area contributed by atoms with Crippen molar-refractivity contribution in [1.82, 2.24) is 14.7 Å². The average molecular weight is 470 g/mol. The van der Waals surface area contributed by atoms with Crippen LogP contribution in [0.4, 0.5) is 18.9 Å². The Hall–Kier alpha value is -3.62. The number of hydrogen-bond donors (Lipinski definition) is 0. The molecule has 1 amide bonds. The van der Waals surface area contributed by atoms with Crippen molar-refractivity contribution in [2.75, 3.05) is 31.1 Å². The van der Waals surface area contributed by atoms with Crippen LogP contribution in [0.15, 0.2) is 65.5 Å². The molecule has 6 nitrogen and oxygen atoms in total. The SMILES string of the molecule is Cc1ccc(-c2ccc(=O)n(C(C)C(=O)N3CCN(c4cccc(C(F)(F)F)c4)CC3)n2)cc1. The third-order valence-corrected chi connectivity index (χ3v) is 6.03. The summed E-state index contributed by atoms with van der Waals surface area (Å²) in [6, 6.07) is 15.1. The van der Waals surface area contributed by atoms with E-state index in [1.165, 1.54) is 16.8 Å². The van der Waals surface area contributed by atoms with Crippen molar-refractivity contribution in [3.05, 3.63) is 82.1 Å². The summed E-state index contributed by atoms with van der Waals surface area (Å²) in [7, 11) is 0. The van der Waals surface area contributed by atoms with Gasteiger partial charge in [0.25, 0.3) is 5.56 Å². The van der Waals surface area contributed by atoms with Gasteiger partial charge in [-0.3, -0.25) is 9.59 Å². The van der Waals surface area contributed by atoms with Crippen molar-refractivity contribution < 1.29 is 18.0 Å². The van der Waals surface area contributed by atoms with Gasteiger partial charge in [-0.25, -0.2) is 4.68 Å². The third-order valence-electron chi connectivity index (χ3n) is 6.03. The Morgan fingerprint density at radius 1 is 0.971 bits per heavy atom. The average Bonchev–Trinajstić information content (AvgIpc) is 2.84. The van der Waals surface area contributed by atoms with Crippen LogP contribution in [0.5, 0.6) is 0 Å². The first-order valence-corrected chi connectivity index (χ1v) is 11.0. The Labute approximate surface area is 195 Å². The van der Waals surface area contributed by atoms with Crippen LogP contribution in [0.1, 0.15) is 24.1 Å². The van der Waals surface area contributed by atoms with Crippen LogP contribution in [0.25, 0.3) is 11.3 Å². The van der Waals surface area contributed by atoms with E-state index in [4.69, 9.17) is 0 Å². The highest BCUT2D eigenvalue weighted by Crippen LogP contribution is 2.32. The maximum Gasteiger partial charge on any atom is 0.416 e. The number of aromatic nitrogens is 2. The molecule has 3 aromatic rings. The summed E-state index contributed by atoms with van der Waals surface area (Å²) in [5.74, 6) is -0.251. The number of aryl methyl sites for hydroxylation is 1. The van der Waals surface area contributed by atoms with E-state index >= 15 is 0 Å². The summed E-state index contributed by atoms with van der Waals surface area (Å²) in [6.45, 7) is 5.08. The fourth-order valence-electron chi connectivity index (χ4n) is 4.01. The topological polar surface area (TPSA) is 58.4 Å². The van der Waals surface area contributed by atoms with E-state index in [-0.39, 0.29) is 11.5 Å². The molecular weight excluding hydrogens is 445 g/mol. The molecule has 9 heteroatoms. The summed E-state index contributed by atoms with van der Waals surface area (Å²) in [5, 5.41) is 4.42. The van der Waals surface area contributed by atoms with Crippen LogP contribution in [0, 0.1) is 6.92 Å². The molecule has 0 aliphatic carbocycles. The van der Waals surface area contributed by atoms with Crippen molar-refractivity contribution in [3.8, 4) is 11.3 Å². The Morgan fingerprint density at radius 2 is 1.65 bits per heavy atom. The van der Waals surface area contributed by atoms with E-state index in [9.17, 15) is 22.8 Å². The van der Waals surface area contributed by atoms with Gasteiger partial charge in [-0.2, -0.15) is 18.3 Å². The van der Waals surface area contributed by atoms with Crippen molar-refractivity contribution in [3.63, 3.8) is 0 Å². The lowest BCUT2D eigenvalue weighted by Crippen LogP contribution is -2.51. The number of alkyl halides is 3. The maximum atomic E-state index is 13.1. The first-order valence-electron chi connectivity index (χ1n) is 11.0. The Kier molecular flexibility index (Phi) is 6.45. The summed E-state index contributed by atoms with van der Waals surface area (Å²) in [6.07, 6.45) is -4.41. The minimum atomic E-state index is -4.41. The minimum Gasteiger partial charge on any atom is -0.368 e. The van der Waals surface area contributed by atoms with Crippen LogP contribution in [-0.2, 0) is 11.0 Å². The van der Waals surface area contributed by atoms with Gasteiger partial charge in [0.05, 0.1) is 11.3 Å². The highest BCUT2D eigenvalue weighted by atomic mass is 19.4. The van der Waals surface area contributed by atoms with Gasteiger partial charge in [0.1, 0.15) is 6.04 Å². The van der Waals surface area contributed by atoms with E-state index < -0.39 is 17.8 Å². The van der Waals surface area contributed by atoms with E-state index in [1.54, 1.807) is 24.0 Å². The van der Waals surface area contributed by atoms with Crippen molar-refractivity contribution >= 4 is 11.6 Å². The van der Waals surface area contributed by atoms with Crippen molar-refractivity contribution in [1.29, 1.82) is 0 Å². The molecule has 1 aromatic heterocycles. The largest absolute Gasteiger partial charge is 0.416 e. The standard InChI is InChI=1S/C25H25F3N4O2/c1-17-6-8-19(9-7-17)22-10-11-23(33)32(29-22)18(2)24(34)31-14-12-30(13-15-31)21-5-3-4-20(16-21)25(26,27)28/h3-11,16,18H,12-15H2,1-2H3. The zero-order valence-electron chi connectivity index (χ0n) is 18.9. The second kappa shape index (κ2) is 9.32. The zero-order chi connectivity index (χ0) is 24.5. The second-order valence-corrected chi connectivity index (χ2v) is 8.40. The lowest BCUT2D eigenvalue weighted by molar-refractivity contribution is -0.137. The molecule has 0 bridgehead atoms. The molecule has 1 unspecified atom stereocenters. The number of carbonyl (C=O) groups excluding carboxylic acids is 1. The predicted molar refractivity (Wildman–Crippen MR) is 124 cm³/mol. The number of benzene rings is 2. The van der Waals surface area contributed by atoms with Gasteiger partial charge >= 0.3 is 6.18 Å². The number of hydrogen-bond acceptors (Lipinski definition) is 4. The molecule has 0 spiro atoms. The van der Waals surface area contributed by atoms with E-state index in [0.717, 1.165) is 23.3 Å². The molecule has 1 saturated heterocycles. The first-order chi connectivity index (χ1) is 16.1. The maximum absolute atomic E-state index is 13.1. The molecule has 0 saturated carbocycles. The Morgan fingerprint density at radius 3 is 2.29 bits per heavy atom. The van der Waals surface area contributed by atoms with Crippen LogP contribution in [0.2, 0.25) is 0 Å². The predicted octanol–water partition coefficient (Wildman–Crippen LogP) is 4.15. The molecule has 1 atom stereocenters. The highest BCUT2D eigenvalue weighted by molar-refractivity contribution is 5.80. The molecule has 178 valence electrons. The number of carbonyl (C=O) groups is 1. The molecule has 4 rings (SSSR count). The molecule has 2 aromatic carbocycles. The van der Waals surface area contributed by atoms with Gasteiger partial charge in [-0.1, -0.05) is 35.9 Å². The van der Waals surface area contributed by atoms with Gasteiger partial charge in [-0.05, 0) is 38.1 Å².